The Morgan fingerprint density at radius 2 is 1.76 bits per heavy atom. The van der Waals surface area contributed by atoms with E-state index < -0.39 is 16.1 Å². The normalized spacial score (nSPS) is 12.9. The number of ether oxygens (including phenoxy) is 1. The Bertz CT molecular complexity index is 1170. The molecule has 2 amide bonds. The van der Waals surface area contributed by atoms with Crippen molar-refractivity contribution in [2.24, 2.45) is 0 Å². The number of hydrogen-bond acceptors (Lipinski definition) is 5. The second-order valence-electron chi connectivity index (χ2n) is 9.26. The summed E-state index contributed by atoms with van der Waals surface area (Å²) in [6.07, 6.45) is 2.22. The standard InChI is InChI=1S/C27H38ClN3O5S/c1-7-20(3)29-27(33)21(4)30(18-22-12-10-19(2)11-13-22)26(32)9-8-16-31(37(6,34)35)23-14-15-25(36-5)24(28)17-23/h10-15,17,20-21H,7-9,16,18H2,1-6H3,(H,29,33). The van der Waals surface area contributed by atoms with Crippen molar-refractivity contribution in [2.45, 2.75) is 65.6 Å². The van der Waals surface area contributed by atoms with E-state index in [4.69, 9.17) is 16.3 Å². The predicted octanol–water partition coefficient (Wildman–Crippen LogP) is 4.54. The Kier molecular flexibility index (Phi) is 11.3. The molecule has 2 aromatic carbocycles. The molecule has 2 atom stereocenters. The van der Waals surface area contributed by atoms with Crippen molar-refractivity contribution in [3.63, 3.8) is 0 Å². The number of benzene rings is 2. The highest BCUT2D eigenvalue weighted by Gasteiger charge is 2.27. The van der Waals surface area contributed by atoms with Gasteiger partial charge in [0.05, 0.1) is 24.1 Å². The van der Waals surface area contributed by atoms with E-state index in [1.807, 2.05) is 45.0 Å². The number of rotatable bonds is 13. The fraction of sp³-hybridized carbons (Fsp3) is 0.481. The van der Waals surface area contributed by atoms with Gasteiger partial charge in [0.1, 0.15) is 11.8 Å². The summed E-state index contributed by atoms with van der Waals surface area (Å²) in [7, 11) is -2.15. The minimum Gasteiger partial charge on any atom is -0.495 e. The molecule has 0 bridgehead atoms. The number of nitrogens with one attached hydrogen (secondary N) is 1. The molecule has 8 nitrogen and oxygen atoms in total. The van der Waals surface area contributed by atoms with E-state index in [1.165, 1.54) is 17.5 Å². The predicted molar refractivity (Wildman–Crippen MR) is 149 cm³/mol. The highest BCUT2D eigenvalue weighted by Crippen LogP contribution is 2.30. The molecule has 0 radical (unpaired) electrons. The van der Waals surface area contributed by atoms with Crippen LogP contribution >= 0.6 is 11.6 Å². The van der Waals surface area contributed by atoms with Crippen LogP contribution in [0.2, 0.25) is 5.02 Å². The van der Waals surface area contributed by atoms with Crippen molar-refractivity contribution in [1.29, 1.82) is 0 Å². The monoisotopic (exact) mass is 551 g/mol. The maximum Gasteiger partial charge on any atom is 0.242 e. The van der Waals surface area contributed by atoms with Gasteiger partial charge in [0, 0.05) is 25.6 Å². The van der Waals surface area contributed by atoms with Crippen molar-refractivity contribution in [3.8, 4) is 5.75 Å². The average molecular weight is 552 g/mol. The quantitative estimate of drug-likeness (QED) is 0.394. The van der Waals surface area contributed by atoms with Gasteiger partial charge < -0.3 is 15.0 Å². The number of amides is 2. The van der Waals surface area contributed by atoms with E-state index in [2.05, 4.69) is 5.32 Å². The van der Waals surface area contributed by atoms with Crippen LogP contribution in [0.3, 0.4) is 0 Å². The van der Waals surface area contributed by atoms with Crippen molar-refractivity contribution in [2.75, 3.05) is 24.2 Å². The summed E-state index contributed by atoms with van der Waals surface area (Å²) in [5, 5.41) is 3.23. The molecular formula is C27H38ClN3O5S. The van der Waals surface area contributed by atoms with Crippen LogP contribution in [0.4, 0.5) is 5.69 Å². The molecule has 0 fully saturated rings. The first-order chi connectivity index (χ1) is 17.4. The SMILES string of the molecule is CCC(C)NC(=O)C(C)N(Cc1ccc(C)cc1)C(=O)CCCN(c1ccc(OC)c(Cl)c1)S(C)(=O)=O. The Labute approximate surface area is 226 Å². The van der Waals surface area contributed by atoms with Gasteiger partial charge in [-0.05, 0) is 57.4 Å². The van der Waals surface area contributed by atoms with Crippen LogP contribution in [0, 0.1) is 6.92 Å². The third-order valence-corrected chi connectivity index (χ3v) is 7.71. The van der Waals surface area contributed by atoms with Gasteiger partial charge in [-0.1, -0.05) is 48.4 Å². The lowest BCUT2D eigenvalue weighted by Crippen LogP contribution is -2.49. The lowest BCUT2D eigenvalue weighted by Gasteiger charge is -2.30. The Balaban J connectivity index is 2.19. The minimum atomic E-state index is -3.63. The first kappa shape index (κ1) is 30.4. The van der Waals surface area contributed by atoms with E-state index in [0.29, 0.717) is 11.4 Å². The number of anilines is 1. The summed E-state index contributed by atoms with van der Waals surface area (Å²) in [6.45, 7) is 7.96. The van der Waals surface area contributed by atoms with Crippen LogP contribution in [-0.2, 0) is 26.2 Å². The molecule has 0 aliphatic heterocycles. The maximum atomic E-state index is 13.4. The number of aryl methyl sites for hydroxylation is 1. The lowest BCUT2D eigenvalue weighted by atomic mass is 10.1. The molecule has 2 unspecified atom stereocenters. The van der Waals surface area contributed by atoms with Gasteiger partial charge in [0.15, 0.2) is 0 Å². The van der Waals surface area contributed by atoms with Crippen molar-refractivity contribution >= 4 is 39.1 Å². The molecule has 2 aromatic rings. The lowest BCUT2D eigenvalue weighted by molar-refractivity contribution is -0.140. The highest BCUT2D eigenvalue weighted by molar-refractivity contribution is 7.92. The molecule has 1 N–H and O–H groups in total. The van der Waals surface area contributed by atoms with Crippen LogP contribution in [0.15, 0.2) is 42.5 Å². The van der Waals surface area contributed by atoms with Crippen LogP contribution < -0.4 is 14.4 Å². The molecule has 0 saturated carbocycles. The summed E-state index contributed by atoms with van der Waals surface area (Å²) in [5.41, 5.74) is 2.40. The van der Waals surface area contributed by atoms with Crippen LogP contribution in [0.5, 0.6) is 5.75 Å². The number of hydrogen-bond donors (Lipinski definition) is 1. The van der Waals surface area contributed by atoms with Crippen molar-refractivity contribution in [3.05, 3.63) is 58.6 Å². The molecule has 37 heavy (non-hydrogen) atoms. The molecule has 0 saturated heterocycles. The van der Waals surface area contributed by atoms with Crippen LogP contribution in [0.1, 0.15) is 51.2 Å². The van der Waals surface area contributed by atoms with E-state index in [0.717, 1.165) is 23.8 Å². The summed E-state index contributed by atoms with van der Waals surface area (Å²) >= 11 is 6.20. The molecule has 0 aromatic heterocycles. The largest absolute Gasteiger partial charge is 0.495 e. The zero-order valence-corrected chi connectivity index (χ0v) is 24.0. The molecule has 2 rings (SSSR count). The Morgan fingerprint density at radius 3 is 2.30 bits per heavy atom. The topological polar surface area (TPSA) is 96.0 Å². The zero-order chi connectivity index (χ0) is 27.8. The molecule has 0 heterocycles. The summed E-state index contributed by atoms with van der Waals surface area (Å²) in [5.74, 6) is -0.0144. The summed E-state index contributed by atoms with van der Waals surface area (Å²) in [4.78, 5) is 27.8. The molecule has 0 spiro atoms. The van der Waals surface area contributed by atoms with Crippen LogP contribution in [0.25, 0.3) is 0 Å². The number of halogens is 1. The third kappa shape index (κ3) is 8.93. The first-order valence-corrected chi connectivity index (χ1v) is 14.6. The molecule has 0 aliphatic carbocycles. The van der Waals surface area contributed by atoms with Gasteiger partial charge >= 0.3 is 0 Å². The van der Waals surface area contributed by atoms with E-state index >= 15 is 0 Å². The minimum absolute atomic E-state index is 0.00841. The number of methoxy groups -OCH3 is 1. The first-order valence-electron chi connectivity index (χ1n) is 12.3. The average Bonchev–Trinajstić information content (AvgIpc) is 2.84. The zero-order valence-electron chi connectivity index (χ0n) is 22.5. The van der Waals surface area contributed by atoms with Crippen molar-refractivity contribution in [1.82, 2.24) is 10.2 Å². The fourth-order valence-electron chi connectivity index (χ4n) is 3.75. The van der Waals surface area contributed by atoms with Gasteiger partial charge in [0.2, 0.25) is 21.8 Å². The van der Waals surface area contributed by atoms with Crippen LogP contribution in [-0.4, -0.2) is 57.1 Å². The smallest absolute Gasteiger partial charge is 0.242 e. The van der Waals surface area contributed by atoms with Gasteiger partial charge in [-0.2, -0.15) is 0 Å². The summed E-state index contributed by atoms with van der Waals surface area (Å²) < 4.78 is 31.4. The highest BCUT2D eigenvalue weighted by atomic mass is 35.5. The van der Waals surface area contributed by atoms with Gasteiger partial charge in [0.25, 0.3) is 0 Å². The van der Waals surface area contributed by atoms with E-state index in [1.54, 1.807) is 24.0 Å². The maximum absolute atomic E-state index is 13.4. The van der Waals surface area contributed by atoms with Crippen molar-refractivity contribution < 1.29 is 22.7 Å². The number of carbonyl (C=O) groups is 2. The molecule has 10 heteroatoms. The molecule has 0 aliphatic rings. The number of sulfonamides is 1. The number of nitrogens with zero attached hydrogens (tertiary/aromatic N) is 2. The second-order valence-corrected chi connectivity index (χ2v) is 11.6. The van der Waals surface area contributed by atoms with Gasteiger partial charge in [-0.3, -0.25) is 13.9 Å². The van der Waals surface area contributed by atoms with Gasteiger partial charge in [-0.25, -0.2) is 8.42 Å². The molecular weight excluding hydrogens is 514 g/mol. The fourth-order valence-corrected chi connectivity index (χ4v) is 4.96. The third-order valence-electron chi connectivity index (χ3n) is 6.22. The second kappa shape index (κ2) is 13.7. The van der Waals surface area contributed by atoms with E-state index in [-0.39, 0.29) is 48.8 Å². The Hall–Kier alpha value is -2.78. The Morgan fingerprint density at radius 1 is 1.11 bits per heavy atom. The molecule has 204 valence electrons. The number of carbonyl (C=O) groups excluding carboxylic acids is 2. The summed E-state index contributed by atoms with van der Waals surface area (Å²) in [6, 6.07) is 11.8. The van der Waals surface area contributed by atoms with Gasteiger partial charge in [-0.15, -0.1) is 0 Å². The van der Waals surface area contributed by atoms with E-state index in [9.17, 15) is 18.0 Å².